The first-order chi connectivity index (χ1) is 8.39. The molecule has 18 heavy (non-hydrogen) atoms. The lowest BCUT2D eigenvalue weighted by Gasteiger charge is -2.30. The molecular weight excluding hydrogens is 222 g/mol. The lowest BCUT2D eigenvalue weighted by Crippen LogP contribution is -2.47. The molecule has 1 atom stereocenters. The number of Topliss-reactive ketones (excluding diaryl/α,β-unsaturated/α-hetero) is 1. The normalized spacial score (nSPS) is 13.6. The summed E-state index contributed by atoms with van der Waals surface area (Å²) in [5.74, 6) is 0.202. The molecule has 0 amide bonds. The Bertz CT molecular complexity index is 581. The summed E-state index contributed by atoms with van der Waals surface area (Å²) in [6.45, 7) is 1.98. The number of fused-ring (bicyclic) bond motifs is 1. The van der Waals surface area contributed by atoms with E-state index in [0.29, 0.717) is 4.48 Å². The van der Waals surface area contributed by atoms with E-state index in [1.54, 1.807) is 0 Å². The van der Waals surface area contributed by atoms with Crippen molar-refractivity contribution in [3.05, 3.63) is 48.0 Å². The molecule has 0 heterocycles. The van der Waals surface area contributed by atoms with Gasteiger partial charge in [-0.2, -0.15) is 0 Å². The van der Waals surface area contributed by atoms with E-state index in [4.69, 9.17) is 0 Å². The highest BCUT2D eigenvalue weighted by atomic mass is 16.1. The number of benzene rings is 2. The van der Waals surface area contributed by atoms with Crippen LogP contribution < -0.4 is 0 Å². The van der Waals surface area contributed by atoms with Crippen molar-refractivity contribution < 1.29 is 9.28 Å². The van der Waals surface area contributed by atoms with Gasteiger partial charge in [0.05, 0.1) is 21.1 Å². The van der Waals surface area contributed by atoms with Crippen molar-refractivity contribution in [1.82, 2.24) is 0 Å². The quantitative estimate of drug-likeness (QED) is 0.597. The van der Waals surface area contributed by atoms with Crippen LogP contribution in [0, 0.1) is 0 Å². The zero-order chi connectivity index (χ0) is 13.3. The van der Waals surface area contributed by atoms with Gasteiger partial charge in [0.15, 0.2) is 0 Å². The van der Waals surface area contributed by atoms with E-state index >= 15 is 0 Å². The van der Waals surface area contributed by atoms with Crippen molar-refractivity contribution in [1.29, 1.82) is 0 Å². The number of rotatable bonds is 3. The van der Waals surface area contributed by atoms with Crippen LogP contribution in [-0.4, -0.2) is 37.5 Å². The molecule has 0 saturated heterocycles. The smallest absolute Gasteiger partial charge is 0.219 e. The number of quaternary nitrogens is 1. The predicted octanol–water partition coefficient (Wildman–Crippen LogP) is 3.12. The second-order valence-electron chi connectivity index (χ2n) is 5.72. The maximum Gasteiger partial charge on any atom is 0.219 e. The number of ketones is 1. The molecule has 0 N–H and O–H groups in total. The molecule has 2 rings (SSSR count). The standard InChI is InChI=1S/C16H20NO/c1-12(17(2,3)4)16(18)15-10-9-13-7-5-6-8-14(13)11-15/h5-12H,1-4H3/q+1. The summed E-state index contributed by atoms with van der Waals surface area (Å²) in [6.07, 6.45) is 0. The van der Waals surface area contributed by atoms with E-state index in [2.05, 4.69) is 6.07 Å². The minimum absolute atomic E-state index is 0.0360. The maximum absolute atomic E-state index is 12.4. The van der Waals surface area contributed by atoms with Gasteiger partial charge in [-0.1, -0.05) is 36.4 Å². The fraction of sp³-hybridized carbons (Fsp3) is 0.312. The number of nitrogens with zero attached hydrogens (tertiary/aromatic N) is 1. The highest BCUT2D eigenvalue weighted by Gasteiger charge is 2.27. The summed E-state index contributed by atoms with van der Waals surface area (Å²) in [4.78, 5) is 12.4. The van der Waals surface area contributed by atoms with E-state index in [9.17, 15) is 4.79 Å². The Morgan fingerprint density at radius 1 is 1.00 bits per heavy atom. The van der Waals surface area contributed by atoms with Crippen LogP contribution in [-0.2, 0) is 0 Å². The molecule has 0 bridgehead atoms. The van der Waals surface area contributed by atoms with Crippen molar-refractivity contribution in [2.75, 3.05) is 21.1 Å². The SMILES string of the molecule is CC(C(=O)c1ccc2ccccc2c1)[N+](C)(C)C. The Labute approximate surface area is 108 Å². The molecule has 0 aliphatic heterocycles. The second-order valence-corrected chi connectivity index (χ2v) is 5.72. The van der Waals surface area contributed by atoms with Crippen molar-refractivity contribution in [3.63, 3.8) is 0 Å². The Hall–Kier alpha value is -1.67. The number of carbonyl (C=O) groups excluding carboxylic acids is 1. The lowest BCUT2D eigenvalue weighted by molar-refractivity contribution is -0.883. The summed E-state index contributed by atoms with van der Waals surface area (Å²) in [6, 6.07) is 14.0. The summed E-state index contributed by atoms with van der Waals surface area (Å²) in [5.41, 5.74) is 0.800. The summed E-state index contributed by atoms with van der Waals surface area (Å²) in [7, 11) is 6.14. The van der Waals surface area contributed by atoms with Crippen LogP contribution in [0.5, 0.6) is 0 Å². The van der Waals surface area contributed by atoms with Gasteiger partial charge in [-0.15, -0.1) is 0 Å². The molecule has 2 heteroatoms. The van der Waals surface area contributed by atoms with Crippen molar-refractivity contribution in [3.8, 4) is 0 Å². The first-order valence-electron chi connectivity index (χ1n) is 6.24. The highest BCUT2D eigenvalue weighted by molar-refractivity contribution is 6.02. The number of hydrogen-bond donors (Lipinski definition) is 0. The van der Waals surface area contributed by atoms with E-state index in [1.165, 1.54) is 5.39 Å². The van der Waals surface area contributed by atoms with Gasteiger partial charge < -0.3 is 4.48 Å². The molecule has 0 saturated carbocycles. The second kappa shape index (κ2) is 4.54. The number of likely N-dealkylation sites (N-methyl/N-ethyl adjacent to an activating group) is 1. The molecule has 0 aromatic heterocycles. The van der Waals surface area contributed by atoms with Gasteiger partial charge in [-0.3, -0.25) is 4.79 Å². The third kappa shape index (κ3) is 2.44. The van der Waals surface area contributed by atoms with Gasteiger partial charge in [0.25, 0.3) is 0 Å². The van der Waals surface area contributed by atoms with Gasteiger partial charge in [-0.25, -0.2) is 0 Å². The molecule has 0 aliphatic rings. The van der Waals surface area contributed by atoms with Crippen LogP contribution >= 0.6 is 0 Å². The largest absolute Gasteiger partial charge is 0.322 e. The Kier molecular flexibility index (Phi) is 3.22. The zero-order valence-corrected chi connectivity index (χ0v) is 11.5. The maximum atomic E-state index is 12.4. The minimum atomic E-state index is -0.0360. The predicted molar refractivity (Wildman–Crippen MR) is 75.8 cm³/mol. The van der Waals surface area contributed by atoms with Crippen LogP contribution in [0.3, 0.4) is 0 Å². The van der Waals surface area contributed by atoms with Gasteiger partial charge in [0, 0.05) is 5.56 Å². The summed E-state index contributed by atoms with van der Waals surface area (Å²) < 4.78 is 0.645. The van der Waals surface area contributed by atoms with E-state index in [-0.39, 0.29) is 11.8 Å². The number of hydrogen-bond acceptors (Lipinski definition) is 1. The lowest BCUT2D eigenvalue weighted by atomic mass is 10.00. The van der Waals surface area contributed by atoms with Crippen molar-refractivity contribution >= 4 is 16.6 Å². The van der Waals surface area contributed by atoms with E-state index in [1.807, 2.05) is 64.5 Å². The van der Waals surface area contributed by atoms with E-state index < -0.39 is 0 Å². The number of carbonyl (C=O) groups is 1. The molecular formula is C16H20NO+. The fourth-order valence-corrected chi connectivity index (χ4v) is 1.94. The monoisotopic (exact) mass is 242 g/mol. The van der Waals surface area contributed by atoms with Crippen LogP contribution in [0.2, 0.25) is 0 Å². The summed E-state index contributed by atoms with van der Waals surface area (Å²) in [5, 5.41) is 2.30. The van der Waals surface area contributed by atoms with Gasteiger partial charge in [-0.05, 0) is 23.8 Å². The molecule has 0 radical (unpaired) electrons. The summed E-state index contributed by atoms with van der Waals surface area (Å²) >= 11 is 0. The molecule has 0 spiro atoms. The zero-order valence-electron chi connectivity index (χ0n) is 11.5. The van der Waals surface area contributed by atoms with Gasteiger partial charge in [0.1, 0.15) is 6.04 Å². The minimum Gasteiger partial charge on any atom is -0.322 e. The molecule has 2 aromatic rings. The van der Waals surface area contributed by atoms with Gasteiger partial charge in [0.2, 0.25) is 5.78 Å². The third-order valence-electron chi connectivity index (χ3n) is 3.58. The third-order valence-corrected chi connectivity index (χ3v) is 3.58. The average Bonchev–Trinajstić information content (AvgIpc) is 2.35. The molecule has 1 unspecified atom stereocenters. The first kappa shape index (κ1) is 12.8. The fourth-order valence-electron chi connectivity index (χ4n) is 1.94. The van der Waals surface area contributed by atoms with Crippen LogP contribution in [0.15, 0.2) is 42.5 Å². The van der Waals surface area contributed by atoms with Crippen LogP contribution in [0.25, 0.3) is 10.8 Å². The molecule has 0 fully saturated rings. The molecule has 0 aliphatic carbocycles. The Morgan fingerprint density at radius 2 is 1.61 bits per heavy atom. The Balaban J connectivity index is 2.40. The molecule has 2 aromatic carbocycles. The van der Waals surface area contributed by atoms with Crippen molar-refractivity contribution in [2.45, 2.75) is 13.0 Å². The highest BCUT2D eigenvalue weighted by Crippen LogP contribution is 2.18. The molecule has 94 valence electrons. The molecule has 2 nitrogen and oxygen atoms in total. The first-order valence-corrected chi connectivity index (χ1v) is 6.24. The average molecular weight is 242 g/mol. The van der Waals surface area contributed by atoms with E-state index in [0.717, 1.165) is 10.9 Å². The Morgan fingerprint density at radius 3 is 2.22 bits per heavy atom. The van der Waals surface area contributed by atoms with Crippen molar-refractivity contribution in [2.24, 2.45) is 0 Å². The van der Waals surface area contributed by atoms with Crippen LogP contribution in [0.4, 0.5) is 0 Å². The van der Waals surface area contributed by atoms with Crippen LogP contribution in [0.1, 0.15) is 17.3 Å². The topological polar surface area (TPSA) is 17.1 Å². The van der Waals surface area contributed by atoms with Gasteiger partial charge >= 0.3 is 0 Å².